The third-order valence-corrected chi connectivity index (χ3v) is 2.41. The van der Waals surface area contributed by atoms with Gasteiger partial charge >= 0.3 is 0 Å². The molecule has 0 bridgehead atoms. The van der Waals surface area contributed by atoms with Gasteiger partial charge in [0.25, 0.3) is 0 Å². The fourth-order valence-corrected chi connectivity index (χ4v) is 2.84. The van der Waals surface area contributed by atoms with Crippen LogP contribution in [-0.4, -0.2) is 0 Å². The largest absolute Gasteiger partial charge is 0.0998 e. The van der Waals surface area contributed by atoms with Crippen LogP contribution in [0.25, 0.3) is 0 Å². The molecule has 1 rings (SSSR count). The van der Waals surface area contributed by atoms with Crippen molar-refractivity contribution in [2.24, 2.45) is 10.8 Å². The molecule has 0 aliphatic heterocycles. The second-order valence-corrected chi connectivity index (χ2v) is 5.61. The maximum absolute atomic E-state index is 4.11. The van der Waals surface area contributed by atoms with E-state index in [9.17, 15) is 0 Å². The number of hydrogen-bond acceptors (Lipinski definition) is 0. The van der Waals surface area contributed by atoms with Gasteiger partial charge in [0.2, 0.25) is 0 Å². The van der Waals surface area contributed by atoms with E-state index in [-0.39, 0.29) is 0 Å². The SMILES string of the molecule is C=C1CC(C)(C)CC(C)(C)C1. The lowest BCUT2D eigenvalue weighted by molar-refractivity contribution is 0.154. The van der Waals surface area contributed by atoms with Crippen LogP contribution < -0.4 is 0 Å². The summed E-state index contributed by atoms with van der Waals surface area (Å²) in [5.41, 5.74) is 2.41. The van der Waals surface area contributed by atoms with Crippen molar-refractivity contribution >= 4 is 0 Å². The summed E-state index contributed by atoms with van der Waals surface area (Å²) in [4.78, 5) is 0. The Morgan fingerprint density at radius 2 is 1.36 bits per heavy atom. The maximum atomic E-state index is 4.11. The Hall–Kier alpha value is -0.260. The van der Waals surface area contributed by atoms with Gasteiger partial charge in [0.05, 0.1) is 0 Å². The van der Waals surface area contributed by atoms with E-state index in [1.165, 1.54) is 24.8 Å². The fraction of sp³-hybridized carbons (Fsp3) is 0.818. The molecule has 0 aromatic carbocycles. The first-order valence-corrected chi connectivity index (χ1v) is 4.47. The van der Waals surface area contributed by atoms with Gasteiger partial charge in [-0.1, -0.05) is 39.8 Å². The molecule has 0 nitrogen and oxygen atoms in total. The van der Waals surface area contributed by atoms with Crippen LogP contribution >= 0.6 is 0 Å². The van der Waals surface area contributed by atoms with Crippen LogP contribution in [0.2, 0.25) is 0 Å². The van der Waals surface area contributed by atoms with Crippen molar-refractivity contribution in [1.29, 1.82) is 0 Å². The lowest BCUT2D eigenvalue weighted by atomic mass is 9.64. The normalized spacial score (nSPS) is 28.5. The van der Waals surface area contributed by atoms with E-state index in [1.807, 2.05) is 0 Å². The molecule has 0 saturated heterocycles. The predicted molar refractivity (Wildman–Crippen MR) is 50.6 cm³/mol. The molecule has 0 heterocycles. The van der Waals surface area contributed by atoms with Crippen molar-refractivity contribution in [3.63, 3.8) is 0 Å². The third-order valence-electron chi connectivity index (χ3n) is 2.41. The molecule has 1 aliphatic carbocycles. The highest BCUT2D eigenvalue weighted by Crippen LogP contribution is 2.47. The van der Waals surface area contributed by atoms with Gasteiger partial charge in [-0.05, 0) is 30.1 Å². The van der Waals surface area contributed by atoms with E-state index in [2.05, 4.69) is 34.3 Å². The molecule has 0 aromatic rings. The number of hydrogen-bond donors (Lipinski definition) is 0. The molecule has 64 valence electrons. The monoisotopic (exact) mass is 152 g/mol. The summed E-state index contributed by atoms with van der Waals surface area (Å²) in [6.45, 7) is 13.5. The van der Waals surface area contributed by atoms with Crippen LogP contribution in [0.3, 0.4) is 0 Å². The van der Waals surface area contributed by atoms with Crippen molar-refractivity contribution in [3.05, 3.63) is 12.2 Å². The smallest absolute Gasteiger partial charge is 0.0271 e. The van der Waals surface area contributed by atoms with Crippen molar-refractivity contribution in [1.82, 2.24) is 0 Å². The van der Waals surface area contributed by atoms with Crippen LogP contribution in [0.5, 0.6) is 0 Å². The molecular formula is C11H20. The van der Waals surface area contributed by atoms with Crippen molar-refractivity contribution < 1.29 is 0 Å². The van der Waals surface area contributed by atoms with E-state index < -0.39 is 0 Å². The van der Waals surface area contributed by atoms with Gasteiger partial charge < -0.3 is 0 Å². The molecule has 0 heteroatoms. The maximum Gasteiger partial charge on any atom is -0.0271 e. The third kappa shape index (κ3) is 2.36. The highest BCUT2D eigenvalue weighted by atomic mass is 14.4. The first-order chi connectivity index (χ1) is 4.81. The molecule has 0 N–H and O–H groups in total. The molecule has 1 aliphatic rings. The Morgan fingerprint density at radius 3 is 1.64 bits per heavy atom. The average molecular weight is 152 g/mol. The summed E-state index contributed by atoms with van der Waals surface area (Å²) in [5, 5.41) is 0. The second kappa shape index (κ2) is 2.36. The Morgan fingerprint density at radius 1 is 1.00 bits per heavy atom. The van der Waals surface area contributed by atoms with Crippen LogP contribution in [-0.2, 0) is 0 Å². The molecule has 0 radical (unpaired) electrons. The van der Waals surface area contributed by atoms with E-state index in [0.717, 1.165) is 0 Å². The van der Waals surface area contributed by atoms with Crippen LogP contribution in [0.1, 0.15) is 47.0 Å². The van der Waals surface area contributed by atoms with E-state index in [1.54, 1.807) is 0 Å². The number of allylic oxidation sites excluding steroid dienone is 1. The van der Waals surface area contributed by atoms with E-state index in [4.69, 9.17) is 0 Å². The van der Waals surface area contributed by atoms with Gasteiger partial charge in [-0.15, -0.1) is 0 Å². The highest BCUT2D eigenvalue weighted by molar-refractivity contribution is 5.07. The summed E-state index contributed by atoms with van der Waals surface area (Å²) < 4.78 is 0. The van der Waals surface area contributed by atoms with Crippen molar-refractivity contribution in [2.75, 3.05) is 0 Å². The summed E-state index contributed by atoms with van der Waals surface area (Å²) in [6.07, 6.45) is 3.77. The van der Waals surface area contributed by atoms with Gasteiger partial charge in [0.1, 0.15) is 0 Å². The lowest BCUT2D eigenvalue weighted by Gasteiger charge is -2.41. The molecule has 1 fully saturated rings. The topological polar surface area (TPSA) is 0 Å². The minimum absolute atomic E-state index is 0.485. The minimum Gasteiger partial charge on any atom is -0.0998 e. The summed E-state index contributed by atoms with van der Waals surface area (Å²) >= 11 is 0. The zero-order valence-corrected chi connectivity index (χ0v) is 8.33. The van der Waals surface area contributed by atoms with Crippen LogP contribution in [0.4, 0.5) is 0 Å². The van der Waals surface area contributed by atoms with Gasteiger partial charge in [0, 0.05) is 0 Å². The Balaban J connectivity index is 2.74. The van der Waals surface area contributed by atoms with Gasteiger partial charge in [0.15, 0.2) is 0 Å². The Labute approximate surface area is 70.7 Å². The van der Waals surface area contributed by atoms with Gasteiger partial charge in [-0.2, -0.15) is 0 Å². The highest BCUT2D eigenvalue weighted by Gasteiger charge is 2.34. The summed E-state index contributed by atoms with van der Waals surface area (Å²) in [6, 6.07) is 0. The predicted octanol–water partition coefficient (Wildman–Crippen LogP) is 3.78. The lowest BCUT2D eigenvalue weighted by Crippen LogP contribution is -2.29. The van der Waals surface area contributed by atoms with E-state index in [0.29, 0.717) is 10.8 Å². The summed E-state index contributed by atoms with van der Waals surface area (Å²) in [5.74, 6) is 0. The molecule has 0 unspecified atom stereocenters. The molecule has 0 atom stereocenters. The van der Waals surface area contributed by atoms with E-state index >= 15 is 0 Å². The number of rotatable bonds is 0. The van der Waals surface area contributed by atoms with Crippen LogP contribution in [0.15, 0.2) is 12.2 Å². The fourth-order valence-electron chi connectivity index (χ4n) is 2.84. The Bertz CT molecular complexity index is 154. The van der Waals surface area contributed by atoms with Crippen molar-refractivity contribution in [2.45, 2.75) is 47.0 Å². The molecule has 1 saturated carbocycles. The molecule has 0 spiro atoms. The van der Waals surface area contributed by atoms with Crippen LogP contribution in [0, 0.1) is 10.8 Å². The molecule has 0 amide bonds. The first-order valence-electron chi connectivity index (χ1n) is 4.47. The standard InChI is InChI=1S/C11H20/c1-9-6-10(2,3)8-11(4,5)7-9/h1,6-8H2,2-5H3. The first kappa shape index (κ1) is 8.83. The molecular weight excluding hydrogens is 132 g/mol. The summed E-state index contributed by atoms with van der Waals surface area (Å²) in [7, 11) is 0. The Kier molecular flexibility index (Phi) is 1.90. The zero-order chi connectivity index (χ0) is 8.70. The van der Waals surface area contributed by atoms with Gasteiger partial charge in [-0.3, -0.25) is 0 Å². The quantitative estimate of drug-likeness (QED) is 0.463. The molecule has 11 heavy (non-hydrogen) atoms. The average Bonchev–Trinajstić information content (AvgIpc) is 1.49. The minimum atomic E-state index is 0.485. The second-order valence-electron chi connectivity index (χ2n) is 5.61. The zero-order valence-electron chi connectivity index (χ0n) is 8.33. The van der Waals surface area contributed by atoms with Gasteiger partial charge in [-0.25, -0.2) is 0 Å². The molecule has 0 aromatic heterocycles. The van der Waals surface area contributed by atoms with Crippen molar-refractivity contribution in [3.8, 4) is 0 Å².